The Morgan fingerprint density at radius 3 is 2.70 bits per heavy atom. The van der Waals surface area contributed by atoms with E-state index in [-0.39, 0.29) is 11.7 Å². The van der Waals surface area contributed by atoms with Gasteiger partial charge in [-0.3, -0.25) is 9.78 Å². The van der Waals surface area contributed by atoms with Crippen LogP contribution in [0.2, 0.25) is 0 Å². The van der Waals surface area contributed by atoms with Crippen LogP contribution in [0.4, 0.5) is 4.39 Å². The van der Waals surface area contributed by atoms with E-state index in [0.717, 1.165) is 6.42 Å². The lowest BCUT2D eigenvalue weighted by Gasteiger charge is -2.09. The van der Waals surface area contributed by atoms with Crippen molar-refractivity contribution in [3.05, 3.63) is 77.2 Å². The molecule has 0 fully saturated rings. The third-order valence-electron chi connectivity index (χ3n) is 3.75. The van der Waals surface area contributed by atoms with Crippen LogP contribution in [0.1, 0.15) is 21.6 Å². The molecular formula is C19H17FN2O. The number of nitrogens with one attached hydrogen (secondary N) is 1. The van der Waals surface area contributed by atoms with Crippen LogP contribution in [0.5, 0.6) is 0 Å². The maximum atomic E-state index is 13.3. The third kappa shape index (κ3) is 3.54. The van der Waals surface area contributed by atoms with Crippen molar-refractivity contribution in [1.82, 2.24) is 10.3 Å². The molecule has 0 saturated heterocycles. The van der Waals surface area contributed by atoms with Gasteiger partial charge in [-0.2, -0.15) is 0 Å². The van der Waals surface area contributed by atoms with Gasteiger partial charge in [0.1, 0.15) is 5.82 Å². The molecule has 1 amide bonds. The molecule has 116 valence electrons. The maximum absolute atomic E-state index is 13.3. The zero-order chi connectivity index (χ0) is 16.2. The van der Waals surface area contributed by atoms with E-state index in [1.807, 2.05) is 30.3 Å². The number of nitrogens with zero attached hydrogens (tertiary/aromatic N) is 1. The van der Waals surface area contributed by atoms with Crippen molar-refractivity contribution in [2.75, 3.05) is 6.54 Å². The number of carbonyl (C=O) groups is 1. The van der Waals surface area contributed by atoms with Crippen molar-refractivity contribution in [2.24, 2.45) is 0 Å². The first-order valence-electron chi connectivity index (χ1n) is 7.52. The van der Waals surface area contributed by atoms with E-state index in [0.29, 0.717) is 28.7 Å². The van der Waals surface area contributed by atoms with Crippen LogP contribution in [-0.4, -0.2) is 17.4 Å². The molecule has 3 rings (SSSR count). The molecule has 1 aromatic heterocycles. The van der Waals surface area contributed by atoms with Crippen molar-refractivity contribution in [1.29, 1.82) is 0 Å². The molecule has 0 aliphatic carbocycles. The number of carbonyl (C=O) groups excluding carboxylic acids is 1. The summed E-state index contributed by atoms with van der Waals surface area (Å²) in [7, 11) is 0. The van der Waals surface area contributed by atoms with Crippen LogP contribution in [0.25, 0.3) is 10.9 Å². The van der Waals surface area contributed by atoms with Gasteiger partial charge in [0.2, 0.25) is 0 Å². The molecule has 0 aliphatic heterocycles. The SMILES string of the molecule is Cc1nc2ccc(F)cc2cc1C(=O)NCCc1ccccc1. The Kier molecular flexibility index (Phi) is 4.33. The predicted octanol–water partition coefficient (Wildman–Crippen LogP) is 3.65. The van der Waals surface area contributed by atoms with E-state index >= 15 is 0 Å². The summed E-state index contributed by atoms with van der Waals surface area (Å²) >= 11 is 0. The van der Waals surface area contributed by atoms with Crippen LogP contribution in [-0.2, 0) is 6.42 Å². The van der Waals surface area contributed by atoms with Gasteiger partial charge in [0.15, 0.2) is 0 Å². The van der Waals surface area contributed by atoms with Gasteiger partial charge >= 0.3 is 0 Å². The highest BCUT2D eigenvalue weighted by Crippen LogP contribution is 2.17. The average Bonchev–Trinajstić information content (AvgIpc) is 2.55. The normalized spacial score (nSPS) is 10.7. The van der Waals surface area contributed by atoms with Gasteiger partial charge in [-0.15, -0.1) is 0 Å². The Morgan fingerprint density at radius 1 is 1.13 bits per heavy atom. The van der Waals surface area contributed by atoms with Crippen molar-refractivity contribution in [3.63, 3.8) is 0 Å². The van der Waals surface area contributed by atoms with Crippen molar-refractivity contribution in [2.45, 2.75) is 13.3 Å². The summed E-state index contributed by atoms with van der Waals surface area (Å²) in [6.45, 7) is 2.33. The minimum absolute atomic E-state index is 0.183. The summed E-state index contributed by atoms with van der Waals surface area (Å²) in [4.78, 5) is 16.7. The first-order valence-corrected chi connectivity index (χ1v) is 7.52. The highest BCUT2D eigenvalue weighted by molar-refractivity contribution is 5.98. The first-order chi connectivity index (χ1) is 11.1. The number of hydrogen-bond acceptors (Lipinski definition) is 2. The fraction of sp³-hybridized carbons (Fsp3) is 0.158. The van der Waals surface area contributed by atoms with Crippen LogP contribution in [0.15, 0.2) is 54.6 Å². The number of pyridine rings is 1. The summed E-state index contributed by atoms with van der Waals surface area (Å²) in [5, 5.41) is 3.52. The molecular weight excluding hydrogens is 291 g/mol. The summed E-state index contributed by atoms with van der Waals surface area (Å²) in [6, 6.07) is 16.0. The zero-order valence-electron chi connectivity index (χ0n) is 12.8. The molecule has 0 aliphatic rings. The molecule has 3 nitrogen and oxygen atoms in total. The zero-order valence-corrected chi connectivity index (χ0v) is 12.8. The van der Waals surface area contributed by atoms with Gasteiger partial charge < -0.3 is 5.32 Å². The van der Waals surface area contributed by atoms with Crippen molar-refractivity contribution >= 4 is 16.8 Å². The van der Waals surface area contributed by atoms with E-state index in [9.17, 15) is 9.18 Å². The summed E-state index contributed by atoms with van der Waals surface area (Å²) in [5.74, 6) is -0.518. The number of halogens is 1. The molecule has 0 bridgehead atoms. The van der Waals surface area contributed by atoms with Gasteiger partial charge in [0, 0.05) is 11.9 Å². The van der Waals surface area contributed by atoms with Crippen LogP contribution in [0, 0.1) is 12.7 Å². The number of amides is 1. The Hall–Kier alpha value is -2.75. The highest BCUT2D eigenvalue weighted by Gasteiger charge is 2.11. The van der Waals surface area contributed by atoms with Crippen LogP contribution in [0.3, 0.4) is 0 Å². The molecule has 4 heteroatoms. The summed E-state index contributed by atoms with van der Waals surface area (Å²) in [6.07, 6.45) is 0.765. The molecule has 0 saturated carbocycles. The quantitative estimate of drug-likeness (QED) is 0.799. The monoisotopic (exact) mass is 308 g/mol. The molecule has 2 aromatic carbocycles. The van der Waals surface area contributed by atoms with E-state index in [4.69, 9.17) is 0 Å². The topological polar surface area (TPSA) is 42.0 Å². The lowest BCUT2D eigenvalue weighted by molar-refractivity contribution is 0.0953. The molecule has 0 atom stereocenters. The molecule has 3 aromatic rings. The van der Waals surface area contributed by atoms with E-state index < -0.39 is 0 Å². The first kappa shape index (κ1) is 15.2. The maximum Gasteiger partial charge on any atom is 0.253 e. The minimum Gasteiger partial charge on any atom is -0.352 e. The molecule has 1 N–H and O–H groups in total. The number of aryl methyl sites for hydroxylation is 1. The fourth-order valence-corrected chi connectivity index (χ4v) is 2.53. The van der Waals surface area contributed by atoms with E-state index in [1.54, 1.807) is 19.1 Å². The lowest BCUT2D eigenvalue weighted by Crippen LogP contribution is -2.26. The van der Waals surface area contributed by atoms with Gasteiger partial charge in [0.25, 0.3) is 5.91 Å². The smallest absolute Gasteiger partial charge is 0.253 e. The second-order valence-corrected chi connectivity index (χ2v) is 5.45. The number of benzene rings is 2. The van der Waals surface area contributed by atoms with Gasteiger partial charge in [0.05, 0.1) is 16.8 Å². The van der Waals surface area contributed by atoms with E-state index in [2.05, 4.69) is 10.3 Å². The number of rotatable bonds is 4. The lowest BCUT2D eigenvalue weighted by atomic mass is 10.1. The number of hydrogen-bond donors (Lipinski definition) is 1. The summed E-state index contributed by atoms with van der Waals surface area (Å²) in [5.41, 5.74) is 2.98. The Labute approximate surface area is 134 Å². The molecule has 23 heavy (non-hydrogen) atoms. The van der Waals surface area contributed by atoms with Crippen molar-refractivity contribution in [3.8, 4) is 0 Å². The van der Waals surface area contributed by atoms with Gasteiger partial charge in [-0.25, -0.2) is 4.39 Å². The second-order valence-electron chi connectivity index (χ2n) is 5.45. The largest absolute Gasteiger partial charge is 0.352 e. The average molecular weight is 308 g/mol. The van der Waals surface area contributed by atoms with Crippen molar-refractivity contribution < 1.29 is 9.18 Å². The van der Waals surface area contributed by atoms with Gasteiger partial charge in [-0.05, 0) is 43.2 Å². The fourth-order valence-electron chi connectivity index (χ4n) is 2.53. The third-order valence-corrected chi connectivity index (χ3v) is 3.75. The standard InChI is InChI=1S/C19H17FN2O/c1-13-17(12-15-11-16(20)7-8-18(15)22-13)19(23)21-10-9-14-5-3-2-4-6-14/h2-8,11-12H,9-10H2,1H3,(H,21,23). The molecule has 1 heterocycles. The van der Waals surface area contributed by atoms with Crippen LogP contribution >= 0.6 is 0 Å². The predicted molar refractivity (Wildman–Crippen MR) is 88.9 cm³/mol. The number of fused-ring (bicyclic) bond motifs is 1. The highest BCUT2D eigenvalue weighted by atomic mass is 19.1. The Morgan fingerprint density at radius 2 is 1.91 bits per heavy atom. The second kappa shape index (κ2) is 6.57. The van der Waals surface area contributed by atoms with Crippen LogP contribution < -0.4 is 5.32 Å². The number of aromatic nitrogens is 1. The molecule has 0 unspecified atom stereocenters. The Bertz CT molecular complexity index is 847. The summed E-state index contributed by atoms with van der Waals surface area (Å²) < 4.78 is 13.3. The molecule has 0 radical (unpaired) electrons. The minimum atomic E-state index is -0.335. The Balaban J connectivity index is 1.74. The van der Waals surface area contributed by atoms with E-state index in [1.165, 1.54) is 17.7 Å². The molecule has 0 spiro atoms. The van der Waals surface area contributed by atoms with Gasteiger partial charge in [-0.1, -0.05) is 30.3 Å².